The Morgan fingerprint density at radius 2 is 2.03 bits per heavy atom. The van der Waals surface area contributed by atoms with Gasteiger partial charge in [-0.2, -0.15) is 5.26 Å². The van der Waals surface area contributed by atoms with E-state index in [1.165, 1.54) is 6.07 Å². The summed E-state index contributed by atoms with van der Waals surface area (Å²) >= 11 is 6.12. The SMILES string of the molecule is N#CCCN(CC(=O)N1CCN(Cc2c(F)cccc2Cl)CC1)Cc1ccco1. The van der Waals surface area contributed by atoms with Gasteiger partial charge in [0.2, 0.25) is 5.91 Å². The third-order valence-corrected chi connectivity index (χ3v) is 5.38. The molecule has 2 aromatic rings. The molecule has 3 rings (SSSR count). The van der Waals surface area contributed by atoms with Crippen molar-refractivity contribution < 1.29 is 13.6 Å². The van der Waals surface area contributed by atoms with Gasteiger partial charge in [-0.15, -0.1) is 0 Å². The van der Waals surface area contributed by atoms with E-state index < -0.39 is 0 Å². The fourth-order valence-corrected chi connectivity index (χ4v) is 3.62. The number of hydrogen-bond acceptors (Lipinski definition) is 5. The van der Waals surface area contributed by atoms with Crippen LogP contribution in [0.2, 0.25) is 5.02 Å². The standard InChI is InChI=1S/C21H24ClFN4O2/c22-19-5-1-6-20(23)18(19)15-25-9-11-27(12-10-25)21(28)16-26(8-3-7-24)14-17-4-2-13-29-17/h1-2,4-6,13H,3,8-12,14-16H2. The van der Waals surface area contributed by atoms with Crippen molar-refractivity contribution in [2.24, 2.45) is 0 Å². The van der Waals surface area contributed by atoms with Gasteiger partial charge in [-0.25, -0.2) is 4.39 Å². The minimum absolute atomic E-state index is 0.0260. The zero-order valence-corrected chi connectivity index (χ0v) is 16.9. The van der Waals surface area contributed by atoms with E-state index >= 15 is 0 Å². The molecule has 6 nitrogen and oxygen atoms in total. The highest BCUT2D eigenvalue weighted by molar-refractivity contribution is 6.31. The monoisotopic (exact) mass is 418 g/mol. The van der Waals surface area contributed by atoms with Gasteiger partial charge in [0.15, 0.2) is 0 Å². The summed E-state index contributed by atoms with van der Waals surface area (Å²) in [7, 11) is 0. The Kier molecular flexibility index (Phi) is 7.64. The molecular weight excluding hydrogens is 395 g/mol. The molecule has 0 atom stereocenters. The van der Waals surface area contributed by atoms with E-state index in [0.29, 0.717) is 62.8 Å². The Balaban J connectivity index is 1.51. The molecule has 154 valence electrons. The predicted octanol–water partition coefficient (Wildman–Crippen LogP) is 3.13. The Morgan fingerprint density at radius 1 is 1.24 bits per heavy atom. The van der Waals surface area contributed by atoms with Gasteiger partial charge in [0.1, 0.15) is 11.6 Å². The van der Waals surface area contributed by atoms with E-state index in [0.717, 1.165) is 5.76 Å². The Bertz CT molecular complexity index is 825. The fraction of sp³-hybridized carbons (Fsp3) is 0.429. The average Bonchev–Trinajstić information content (AvgIpc) is 3.22. The molecule has 1 aromatic carbocycles. The molecule has 0 radical (unpaired) electrons. The van der Waals surface area contributed by atoms with Crippen molar-refractivity contribution in [1.29, 1.82) is 5.26 Å². The number of furan rings is 1. The number of carbonyl (C=O) groups excluding carboxylic acids is 1. The molecule has 0 aliphatic carbocycles. The van der Waals surface area contributed by atoms with Crippen molar-refractivity contribution in [3.05, 3.63) is 58.8 Å². The van der Waals surface area contributed by atoms with Gasteiger partial charge in [0.05, 0.1) is 25.4 Å². The maximum atomic E-state index is 14.0. The van der Waals surface area contributed by atoms with Gasteiger partial charge in [-0.3, -0.25) is 14.6 Å². The van der Waals surface area contributed by atoms with Crippen LogP contribution >= 0.6 is 11.6 Å². The summed E-state index contributed by atoms with van der Waals surface area (Å²) in [4.78, 5) is 18.6. The Hall–Kier alpha value is -2.40. The van der Waals surface area contributed by atoms with E-state index in [-0.39, 0.29) is 18.3 Å². The van der Waals surface area contributed by atoms with Crippen molar-refractivity contribution in [2.45, 2.75) is 19.5 Å². The first-order chi connectivity index (χ1) is 14.1. The normalized spacial score (nSPS) is 14.9. The van der Waals surface area contributed by atoms with E-state index in [9.17, 15) is 9.18 Å². The summed E-state index contributed by atoms with van der Waals surface area (Å²) in [6.45, 7) is 4.15. The van der Waals surface area contributed by atoms with E-state index in [2.05, 4.69) is 11.0 Å². The molecule has 1 aromatic heterocycles. The van der Waals surface area contributed by atoms with Crippen LogP contribution in [0.3, 0.4) is 0 Å². The highest BCUT2D eigenvalue weighted by Gasteiger charge is 2.24. The number of carbonyl (C=O) groups is 1. The van der Waals surface area contributed by atoms with E-state index in [1.54, 1.807) is 24.5 Å². The van der Waals surface area contributed by atoms with Crippen molar-refractivity contribution in [3.8, 4) is 6.07 Å². The topological polar surface area (TPSA) is 63.7 Å². The number of amides is 1. The fourth-order valence-electron chi connectivity index (χ4n) is 3.40. The maximum absolute atomic E-state index is 14.0. The van der Waals surface area contributed by atoms with Gasteiger partial charge in [-0.05, 0) is 24.3 Å². The summed E-state index contributed by atoms with van der Waals surface area (Å²) in [6, 6.07) is 10.5. The van der Waals surface area contributed by atoms with Gasteiger partial charge >= 0.3 is 0 Å². The van der Waals surface area contributed by atoms with Crippen LogP contribution in [0, 0.1) is 17.1 Å². The average molecular weight is 419 g/mol. The number of benzene rings is 1. The first kappa shape index (κ1) is 21.3. The summed E-state index contributed by atoms with van der Waals surface area (Å²) in [5.74, 6) is 0.488. The quantitative estimate of drug-likeness (QED) is 0.659. The van der Waals surface area contributed by atoms with Crippen LogP contribution in [0.5, 0.6) is 0 Å². The van der Waals surface area contributed by atoms with E-state index in [4.69, 9.17) is 21.3 Å². The maximum Gasteiger partial charge on any atom is 0.236 e. The molecule has 1 aliphatic heterocycles. The molecule has 1 fully saturated rings. The summed E-state index contributed by atoms with van der Waals surface area (Å²) in [5.41, 5.74) is 0.495. The molecule has 0 saturated carbocycles. The smallest absolute Gasteiger partial charge is 0.236 e. The highest BCUT2D eigenvalue weighted by atomic mass is 35.5. The van der Waals surface area contributed by atoms with Gasteiger partial charge in [-0.1, -0.05) is 17.7 Å². The molecule has 8 heteroatoms. The highest BCUT2D eigenvalue weighted by Crippen LogP contribution is 2.21. The lowest BCUT2D eigenvalue weighted by molar-refractivity contribution is -0.134. The second-order valence-corrected chi connectivity index (χ2v) is 7.46. The van der Waals surface area contributed by atoms with Crippen molar-refractivity contribution in [1.82, 2.24) is 14.7 Å². The van der Waals surface area contributed by atoms with Crippen LogP contribution in [0.1, 0.15) is 17.7 Å². The zero-order chi connectivity index (χ0) is 20.6. The lowest BCUT2D eigenvalue weighted by Gasteiger charge is -2.36. The minimum atomic E-state index is -0.304. The second-order valence-electron chi connectivity index (χ2n) is 7.06. The number of hydrogen-bond donors (Lipinski definition) is 0. The van der Waals surface area contributed by atoms with Crippen LogP contribution in [-0.4, -0.2) is 59.9 Å². The number of nitrogens with zero attached hydrogens (tertiary/aromatic N) is 4. The first-order valence-electron chi connectivity index (χ1n) is 9.61. The van der Waals surface area contributed by atoms with Gasteiger partial charge in [0, 0.05) is 56.3 Å². The van der Waals surface area contributed by atoms with Crippen molar-refractivity contribution >= 4 is 17.5 Å². The van der Waals surface area contributed by atoms with Crippen LogP contribution in [0.4, 0.5) is 4.39 Å². The molecule has 0 unspecified atom stereocenters. The van der Waals surface area contributed by atoms with Gasteiger partial charge < -0.3 is 9.32 Å². The molecule has 1 aliphatic rings. The molecule has 0 bridgehead atoms. The summed E-state index contributed by atoms with van der Waals surface area (Å²) < 4.78 is 19.4. The Morgan fingerprint density at radius 3 is 2.69 bits per heavy atom. The van der Waals surface area contributed by atoms with Crippen molar-refractivity contribution in [3.63, 3.8) is 0 Å². The third kappa shape index (κ3) is 6.04. The van der Waals surface area contributed by atoms with E-state index in [1.807, 2.05) is 15.9 Å². The minimum Gasteiger partial charge on any atom is -0.468 e. The van der Waals surface area contributed by atoms with Crippen LogP contribution in [0.15, 0.2) is 41.0 Å². The lowest BCUT2D eigenvalue weighted by Crippen LogP contribution is -2.51. The largest absolute Gasteiger partial charge is 0.468 e. The number of halogens is 2. The third-order valence-electron chi connectivity index (χ3n) is 5.03. The molecule has 2 heterocycles. The lowest BCUT2D eigenvalue weighted by atomic mass is 10.2. The summed E-state index contributed by atoms with van der Waals surface area (Å²) in [6.07, 6.45) is 1.95. The number of rotatable bonds is 8. The second kappa shape index (κ2) is 10.4. The summed E-state index contributed by atoms with van der Waals surface area (Å²) in [5, 5.41) is 9.30. The molecule has 29 heavy (non-hydrogen) atoms. The number of nitriles is 1. The zero-order valence-electron chi connectivity index (χ0n) is 16.2. The van der Waals surface area contributed by atoms with Crippen LogP contribution in [0.25, 0.3) is 0 Å². The predicted molar refractivity (Wildman–Crippen MR) is 107 cm³/mol. The first-order valence-corrected chi connectivity index (χ1v) is 9.99. The van der Waals surface area contributed by atoms with Crippen LogP contribution in [-0.2, 0) is 17.9 Å². The molecule has 1 amide bonds. The molecule has 0 spiro atoms. The van der Waals surface area contributed by atoms with Crippen LogP contribution < -0.4 is 0 Å². The number of piperazine rings is 1. The Labute approximate surface area is 175 Å². The molecule has 1 saturated heterocycles. The van der Waals surface area contributed by atoms with Gasteiger partial charge in [0.25, 0.3) is 0 Å². The van der Waals surface area contributed by atoms with Crippen molar-refractivity contribution in [2.75, 3.05) is 39.3 Å². The molecular formula is C21H24ClFN4O2. The molecule has 0 N–H and O–H groups in total.